The normalized spacial score (nSPS) is 11.3. The quantitative estimate of drug-likeness (QED) is 0.834. The van der Waals surface area contributed by atoms with Gasteiger partial charge in [-0.25, -0.2) is 4.79 Å². The molecule has 1 aromatic carbocycles. The first-order valence-electron chi connectivity index (χ1n) is 6.44. The Kier molecular flexibility index (Phi) is 5.17. The topological polar surface area (TPSA) is 55.4 Å². The van der Waals surface area contributed by atoms with Crippen molar-refractivity contribution in [2.24, 2.45) is 5.92 Å². The zero-order chi connectivity index (χ0) is 15.5. The van der Waals surface area contributed by atoms with Gasteiger partial charge in [-0.15, -0.1) is 0 Å². The summed E-state index contributed by atoms with van der Waals surface area (Å²) >= 11 is 6.01. The first-order chi connectivity index (χ1) is 9.10. The van der Waals surface area contributed by atoms with Gasteiger partial charge in [0.1, 0.15) is 5.60 Å². The number of rotatable bonds is 3. The lowest BCUT2D eigenvalue weighted by Gasteiger charge is -2.20. The van der Waals surface area contributed by atoms with E-state index >= 15 is 0 Å². The second-order valence-corrected chi connectivity index (χ2v) is 6.25. The Morgan fingerprint density at radius 2 is 1.85 bits per heavy atom. The number of ketones is 1. The van der Waals surface area contributed by atoms with Crippen molar-refractivity contribution in [2.75, 3.05) is 5.32 Å². The summed E-state index contributed by atoms with van der Waals surface area (Å²) in [6, 6.07) is 4.80. The van der Waals surface area contributed by atoms with Crippen molar-refractivity contribution < 1.29 is 14.3 Å². The Morgan fingerprint density at radius 1 is 1.25 bits per heavy atom. The lowest BCUT2D eigenvalue weighted by Crippen LogP contribution is -2.27. The van der Waals surface area contributed by atoms with Gasteiger partial charge < -0.3 is 4.74 Å². The first-order valence-corrected chi connectivity index (χ1v) is 6.81. The molecule has 0 aliphatic rings. The van der Waals surface area contributed by atoms with Crippen LogP contribution in [-0.4, -0.2) is 17.5 Å². The van der Waals surface area contributed by atoms with Crippen molar-refractivity contribution in [3.05, 3.63) is 28.8 Å². The molecule has 0 saturated heterocycles. The van der Waals surface area contributed by atoms with Crippen molar-refractivity contribution in [3.8, 4) is 0 Å². The van der Waals surface area contributed by atoms with Gasteiger partial charge in [0.25, 0.3) is 0 Å². The summed E-state index contributed by atoms with van der Waals surface area (Å²) in [7, 11) is 0. The van der Waals surface area contributed by atoms with E-state index in [0.717, 1.165) is 0 Å². The Labute approximate surface area is 124 Å². The smallest absolute Gasteiger partial charge is 0.412 e. The molecule has 0 radical (unpaired) electrons. The van der Waals surface area contributed by atoms with E-state index in [1.807, 2.05) is 13.8 Å². The molecule has 0 aromatic heterocycles. The predicted molar refractivity (Wildman–Crippen MR) is 80.5 cm³/mol. The summed E-state index contributed by atoms with van der Waals surface area (Å²) in [5.41, 5.74) is 0.282. The van der Waals surface area contributed by atoms with Gasteiger partial charge in [0.05, 0.1) is 10.7 Å². The van der Waals surface area contributed by atoms with Crippen LogP contribution in [0.2, 0.25) is 5.02 Å². The fourth-order valence-electron chi connectivity index (χ4n) is 1.52. The molecule has 0 aliphatic heterocycles. The maximum absolute atomic E-state index is 11.9. The predicted octanol–water partition coefficient (Wildman–Crippen LogP) is 4.53. The minimum absolute atomic E-state index is 0.00564. The molecule has 20 heavy (non-hydrogen) atoms. The number of anilines is 1. The SMILES string of the molecule is CC(C)C(=O)c1ccc(Cl)c(NC(=O)OC(C)(C)C)c1. The lowest BCUT2D eigenvalue weighted by molar-refractivity contribution is 0.0635. The molecule has 1 N–H and O–H groups in total. The van der Waals surface area contributed by atoms with Crippen LogP contribution in [0.5, 0.6) is 0 Å². The molecule has 0 heterocycles. The summed E-state index contributed by atoms with van der Waals surface area (Å²) in [6.45, 7) is 8.95. The van der Waals surface area contributed by atoms with E-state index < -0.39 is 11.7 Å². The van der Waals surface area contributed by atoms with Crippen LogP contribution in [0.15, 0.2) is 18.2 Å². The third-order valence-corrected chi connectivity index (χ3v) is 2.74. The summed E-state index contributed by atoms with van der Waals surface area (Å²) in [5, 5.41) is 2.91. The maximum atomic E-state index is 11.9. The summed E-state index contributed by atoms with van der Waals surface area (Å²) in [5.74, 6) is -0.126. The molecule has 110 valence electrons. The van der Waals surface area contributed by atoms with Gasteiger partial charge in [-0.3, -0.25) is 10.1 Å². The van der Waals surface area contributed by atoms with Crippen molar-refractivity contribution in [3.63, 3.8) is 0 Å². The Balaban J connectivity index is 2.93. The van der Waals surface area contributed by atoms with E-state index in [1.54, 1.807) is 39.0 Å². The third kappa shape index (κ3) is 4.85. The highest BCUT2D eigenvalue weighted by atomic mass is 35.5. The largest absolute Gasteiger partial charge is 0.444 e. The zero-order valence-electron chi connectivity index (χ0n) is 12.4. The number of benzene rings is 1. The van der Waals surface area contributed by atoms with E-state index in [0.29, 0.717) is 16.3 Å². The lowest BCUT2D eigenvalue weighted by atomic mass is 10.0. The van der Waals surface area contributed by atoms with Gasteiger partial charge in [0.15, 0.2) is 5.78 Å². The van der Waals surface area contributed by atoms with Crippen LogP contribution in [0.25, 0.3) is 0 Å². The zero-order valence-corrected chi connectivity index (χ0v) is 13.2. The average molecular weight is 298 g/mol. The average Bonchev–Trinajstić information content (AvgIpc) is 2.28. The molecule has 0 bridgehead atoms. The summed E-state index contributed by atoms with van der Waals surface area (Å²) in [6.07, 6.45) is -0.603. The fourth-order valence-corrected chi connectivity index (χ4v) is 1.69. The van der Waals surface area contributed by atoms with Crippen LogP contribution in [0.4, 0.5) is 10.5 Å². The molecule has 1 aromatic rings. The van der Waals surface area contributed by atoms with Gasteiger partial charge in [-0.2, -0.15) is 0 Å². The van der Waals surface area contributed by atoms with E-state index in [1.165, 1.54) is 0 Å². The van der Waals surface area contributed by atoms with Crippen LogP contribution in [0.1, 0.15) is 45.0 Å². The van der Waals surface area contributed by atoms with Gasteiger partial charge in [0, 0.05) is 11.5 Å². The standard InChI is InChI=1S/C15H20ClNO3/c1-9(2)13(18)10-6-7-11(16)12(8-10)17-14(19)20-15(3,4)5/h6-9H,1-5H3,(H,17,19). The number of hydrogen-bond donors (Lipinski definition) is 1. The molecule has 0 saturated carbocycles. The van der Waals surface area contributed by atoms with Gasteiger partial charge >= 0.3 is 6.09 Å². The van der Waals surface area contributed by atoms with Gasteiger partial charge in [-0.05, 0) is 39.0 Å². The second-order valence-electron chi connectivity index (χ2n) is 5.84. The number of nitrogens with one attached hydrogen (secondary N) is 1. The molecule has 0 atom stereocenters. The van der Waals surface area contributed by atoms with Crippen LogP contribution in [0.3, 0.4) is 0 Å². The van der Waals surface area contributed by atoms with E-state index in [-0.39, 0.29) is 11.7 Å². The Bertz CT molecular complexity index is 518. The monoisotopic (exact) mass is 297 g/mol. The van der Waals surface area contributed by atoms with Gasteiger partial charge in [0.2, 0.25) is 0 Å². The molecule has 0 aliphatic carbocycles. The molecule has 0 unspecified atom stereocenters. The summed E-state index contributed by atoms with van der Waals surface area (Å²) < 4.78 is 5.15. The number of carbonyl (C=O) groups excluding carboxylic acids is 2. The van der Waals surface area contributed by atoms with Crippen LogP contribution < -0.4 is 5.32 Å². The number of Topliss-reactive ketones (excluding diaryl/α,β-unsaturated/α-hetero) is 1. The van der Waals surface area contributed by atoms with E-state index in [9.17, 15) is 9.59 Å². The minimum Gasteiger partial charge on any atom is -0.444 e. The van der Waals surface area contributed by atoms with Crippen molar-refractivity contribution in [2.45, 2.75) is 40.2 Å². The van der Waals surface area contributed by atoms with Crippen LogP contribution in [-0.2, 0) is 4.74 Å². The molecule has 0 fully saturated rings. The number of ether oxygens (including phenoxy) is 1. The van der Waals surface area contributed by atoms with Crippen molar-refractivity contribution >= 4 is 29.2 Å². The molecule has 5 heteroatoms. The first kappa shape index (κ1) is 16.5. The number of amides is 1. The fraction of sp³-hybridized carbons (Fsp3) is 0.467. The summed E-state index contributed by atoms with van der Waals surface area (Å²) in [4.78, 5) is 23.7. The molecular weight excluding hydrogens is 278 g/mol. The van der Waals surface area contributed by atoms with E-state index in [4.69, 9.17) is 16.3 Å². The molecule has 0 spiro atoms. The third-order valence-electron chi connectivity index (χ3n) is 2.41. The van der Waals surface area contributed by atoms with Gasteiger partial charge in [-0.1, -0.05) is 25.4 Å². The Hall–Kier alpha value is -1.55. The number of halogens is 1. The van der Waals surface area contributed by atoms with Crippen LogP contribution in [0, 0.1) is 5.92 Å². The number of hydrogen-bond acceptors (Lipinski definition) is 3. The molecule has 4 nitrogen and oxygen atoms in total. The second kappa shape index (κ2) is 6.27. The minimum atomic E-state index is -0.603. The van der Waals surface area contributed by atoms with Crippen LogP contribution >= 0.6 is 11.6 Å². The van der Waals surface area contributed by atoms with E-state index in [2.05, 4.69) is 5.32 Å². The molecule has 1 amide bonds. The molecule has 1 rings (SSSR count). The Morgan fingerprint density at radius 3 is 2.35 bits per heavy atom. The molecular formula is C15H20ClNO3. The highest BCUT2D eigenvalue weighted by Gasteiger charge is 2.18. The number of carbonyl (C=O) groups is 2. The maximum Gasteiger partial charge on any atom is 0.412 e. The van der Waals surface area contributed by atoms with Crippen molar-refractivity contribution in [1.29, 1.82) is 0 Å². The van der Waals surface area contributed by atoms with Crippen molar-refractivity contribution in [1.82, 2.24) is 0 Å². The highest BCUT2D eigenvalue weighted by Crippen LogP contribution is 2.25. The highest BCUT2D eigenvalue weighted by molar-refractivity contribution is 6.33.